The van der Waals surface area contributed by atoms with Crippen LogP contribution in [0.15, 0.2) is 0 Å². The molecule has 1 heterocycles. The maximum atomic E-state index is 11.1. The van der Waals surface area contributed by atoms with E-state index in [0.717, 1.165) is 37.4 Å². The molecule has 17 heavy (non-hydrogen) atoms. The van der Waals surface area contributed by atoms with E-state index in [-0.39, 0.29) is 5.75 Å². The van der Waals surface area contributed by atoms with Crippen LogP contribution in [0.5, 0.6) is 0 Å². The predicted octanol–water partition coefficient (Wildman–Crippen LogP) is 1.01. The molecule has 0 spiro atoms. The molecule has 7 heteroatoms. The van der Waals surface area contributed by atoms with Crippen LogP contribution in [0.25, 0.3) is 0 Å². The van der Waals surface area contributed by atoms with Crippen molar-refractivity contribution in [3.8, 4) is 0 Å². The zero-order valence-electron chi connectivity index (χ0n) is 10.3. The van der Waals surface area contributed by atoms with E-state index < -0.39 is 9.84 Å². The van der Waals surface area contributed by atoms with Gasteiger partial charge in [-0.2, -0.15) is 0 Å². The normalized spacial score (nSPS) is 11.9. The maximum absolute atomic E-state index is 11.1. The lowest BCUT2D eigenvalue weighted by atomic mass is 10.3. The van der Waals surface area contributed by atoms with Crippen LogP contribution >= 0.6 is 11.3 Å². The van der Waals surface area contributed by atoms with Crippen molar-refractivity contribution >= 4 is 21.2 Å². The van der Waals surface area contributed by atoms with Gasteiger partial charge in [-0.25, -0.2) is 8.42 Å². The van der Waals surface area contributed by atoms with Crippen LogP contribution in [-0.4, -0.2) is 38.0 Å². The SMILES string of the molecule is CCCNCCCc1nnc(CS(C)(=O)=O)s1. The average molecular weight is 277 g/mol. The number of hydrogen-bond acceptors (Lipinski definition) is 6. The van der Waals surface area contributed by atoms with Gasteiger partial charge in [0.1, 0.15) is 15.8 Å². The Kier molecular flexibility index (Phi) is 6.01. The van der Waals surface area contributed by atoms with E-state index in [4.69, 9.17) is 0 Å². The quantitative estimate of drug-likeness (QED) is 0.718. The molecular weight excluding hydrogens is 258 g/mol. The highest BCUT2D eigenvalue weighted by atomic mass is 32.2. The molecule has 0 amide bonds. The summed E-state index contributed by atoms with van der Waals surface area (Å²) in [6.07, 6.45) is 4.21. The fourth-order valence-corrected chi connectivity index (χ4v) is 3.40. The number of aryl methyl sites for hydroxylation is 1. The minimum Gasteiger partial charge on any atom is -0.317 e. The van der Waals surface area contributed by atoms with Crippen molar-refractivity contribution in [2.45, 2.75) is 31.9 Å². The van der Waals surface area contributed by atoms with Crippen molar-refractivity contribution in [3.05, 3.63) is 10.0 Å². The summed E-state index contributed by atoms with van der Waals surface area (Å²) in [7, 11) is -3.00. The molecule has 0 atom stereocenters. The molecule has 0 unspecified atom stereocenters. The molecule has 0 bridgehead atoms. The molecule has 0 aliphatic heterocycles. The van der Waals surface area contributed by atoms with Crippen LogP contribution in [0.1, 0.15) is 29.8 Å². The minimum absolute atomic E-state index is 0.00124. The van der Waals surface area contributed by atoms with Crippen molar-refractivity contribution in [2.75, 3.05) is 19.3 Å². The molecule has 1 N–H and O–H groups in total. The second-order valence-electron chi connectivity index (χ2n) is 4.01. The summed E-state index contributed by atoms with van der Waals surface area (Å²) in [5.41, 5.74) is 0. The Hall–Kier alpha value is -0.530. The Morgan fingerprint density at radius 3 is 2.59 bits per heavy atom. The Balaban J connectivity index is 2.31. The van der Waals surface area contributed by atoms with Crippen molar-refractivity contribution in [2.24, 2.45) is 0 Å². The first-order valence-electron chi connectivity index (χ1n) is 5.71. The fraction of sp³-hybridized carbons (Fsp3) is 0.800. The largest absolute Gasteiger partial charge is 0.317 e. The van der Waals surface area contributed by atoms with Gasteiger partial charge in [0.15, 0.2) is 9.84 Å². The van der Waals surface area contributed by atoms with Crippen molar-refractivity contribution in [1.29, 1.82) is 0 Å². The smallest absolute Gasteiger partial charge is 0.154 e. The molecule has 0 aliphatic carbocycles. The van der Waals surface area contributed by atoms with Gasteiger partial charge in [0, 0.05) is 12.7 Å². The van der Waals surface area contributed by atoms with Crippen molar-refractivity contribution in [3.63, 3.8) is 0 Å². The number of sulfone groups is 1. The average Bonchev–Trinajstić information content (AvgIpc) is 2.63. The molecule has 0 saturated carbocycles. The van der Waals surface area contributed by atoms with Gasteiger partial charge in [-0.15, -0.1) is 21.5 Å². The zero-order chi connectivity index (χ0) is 12.7. The molecule has 0 radical (unpaired) electrons. The summed E-state index contributed by atoms with van der Waals surface area (Å²) in [5.74, 6) is -0.00124. The van der Waals surface area contributed by atoms with E-state index >= 15 is 0 Å². The fourth-order valence-electron chi connectivity index (χ4n) is 1.34. The molecule has 0 saturated heterocycles. The number of rotatable bonds is 8. The lowest BCUT2D eigenvalue weighted by molar-refractivity contribution is 0.600. The van der Waals surface area contributed by atoms with E-state index in [2.05, 4.69) is 22.4 Å². The van der Waals surface area contributed by atoms with Gasteiger partial charge in [0.2, 0.25) is 0 Å². The molecular formula is C10H19N3O2S2. The van der Waals surface area contributed by atoms with E-state index in [1.807, 2.05) is 0 Å². The van der Waals surface area contributed by atoms with Crippen LogP contribution in [0, 0.1) is 0 Å². The third-order valence-electron chi connectivity index (χ3n) is 2.07. The number of nitrogens with zero attached hydrogens (tertiary/aromatic N) is 2. The lowest BCUT2D eigenvalue weighted by Gasteiger charge is -1.99. The Morgan fingerprint density at radius 1 is 1.24 bits per heavy atom. The van der Waals surface area contributed by atoms with Crippen LogP contribution in [0.4, 0.5) is 0 Å². The molecule has 5 nitrogen and oxygen atoms in total. The Morgan fingerprint density at radius 2 is 1.94 bits per heavy atom. The summed E-state index contributed by atoms with van der Waals surface area (Å²) in [4.78, 5) is 0. The molecule has 0 aromatic carbocycles. The second-order valence-corrected chi connectivity index (χ2v) is 7.30. The van der Waals surface area contributed by atoms with Gasteiger partial charge >= 0.3 is 0 Å². The summed E-state index contributed by atoms with van der Waals surface area (Å²) in [6.45, 7) is 4.14. The van der Waals surface area contributed by atoms with Crippen LogP contribution in [0.3, 0.4) is 0 Å². The third-order valence-corrected chi connectivity index (χ3v) is 4.03. The third kappa shape index (κ3) is 6.70. The van der Waals surface area contributed by atoms with E-state index in [9.17, 15) is 8.42 Å². The van der Waals surface area contributed by atoms with E-state index in [1.54, 1.807) is 0 Å². The summed E-state index contributed by atoms with van der Waals surface area (Å²) in [5, 5.41) is 12.7. The maximum Gasteiger partial charge on any atom is 0.154 e. The molecule has 0 fully saturated rings. The van der Waals surface area contributed by atoms with Gasteiger partial charge in [-0.1, -0.05) is 6.92 Å². The Labute approximate surface area is 107 Å². The van der Waals surface area contributed by atoms with E-state index in [1.165, 1.54) is 17.6 Å². The number of nitrogens with one attached hydrogen (secondary N) is 1. The molecule has 1 aromatic rings. The number of hydrogen-bond donors (Lipinski definition) is 1. The molecule has 1 rings (SSSR count). The van der Waals surface area contributed by atoms with Crippen molar-refractivity contribution < 1.29 is 8.42 Å². The lowest BCUT2D eigenvalue weighted by Crippen LogP contribution is -2.16. The van der Waals surface area contributed by atoms with Crippen molar-refractivity contribution in [1.82, 2.24) is 15.5 Å². The Bertz CT molecular complexity index is 429. The highest BCUT2D eigenvalue weighted by molar-refractivity contribution is 7.90. The summed E-state index contributed by atoms with van der Waals surface area (Å²) < 4.78 is 22.1. The molecule has 1 aromatic heterocycles. The standard InChI is InChI=1S/C10H19N3O2S2/c1-3-6-11-7-4-5-9-12-13-10(16-9)8-17(2,14)15/h11H,3-8H2,1-2H3. The zero-order valence-corrected chi connectivity index (χ0v) is 11.9. The van der Waals surface area contributed by atoms with Crippen LogP contribution in [0.2, 0.25) is 0 Å². The van der Waals surface area contributed by atoms with Gasteiger partial charge in [0.05, 0.1) is 0 Å². The topological polar surface area (TPSA) is 72.0 Å². The second kappa shape index (κ2) is 7.03. The van der Waals surface area contributed by atoms with Gasteiger partial charge in [-0.3, -0.25) is 0 Å². The first kappa shape index (κ1) is 14.5. The first-order valence-corrected chi connectivity index (χ1v) is 8.58. The van der Waals surface area contributed by atoms with Crippen LogP contribution < -0.4 is 5.32 Å². The van der Waals surface area contributed by atoms with Gasteiger partial charge in [-0.05, 0) is 25.9 Å². The number of aromatic nitrogens is 2. The van der Waals surface area contributed by atoms with Gasteiger partial charge < -0.3 is 5.32 Å². The first-order chi connectivity index (χ1) is 8.01. The molecule has 0 aliphatic rings. The highest BCUT2D eigenvalue weighted by Crippen LogP contribution is 2.13. The monoisotopic (exact) mass is 277 g/mol. The minimum atomic E-state index is -3.00. The summed E-state index contributed by atoms with van der Waals surface area (Å²) >= 11 is 1.39. The van der Waals surface area contributed by atoms with Crippen LogP contribution in [-0.2, 0) is 22.0 Å². The van der Waals surface area contributed by atoms with Gasteiger partial charge in [0.25, 0.3) is 0 Å². The molecule has 98 valence electrons. The highest BCUT2D eigenvalue weighted by Gasteiger charge is 2.10. The van der Waals surface area contributed by atoms with E-state index in [0.29, 0.717) is 5.01 Å². The summed E-state index contributed by atoms with van der Waals surface area (Å²) in [6, 6.07) is 0. The predicted molar refractivity (Wildman–Crippen MR) is 69.9 cm³/mol.